The maximum absolute atomic E-state index is 13.4. The lowest BCUT2D eigenvalue weighted by molar-refractivity contribution is -0.139. The number of alkyl halides is 3. The summed E-state index contributed by atoms with van der Waals surface area (Å²) in [7, 11) is 0. The number of rotatable bonds is 8. The lowest BCUT2D eigenvalue weighted by Crippen LogP contribution is -2.25. The molecule has 3 aromatic rings. The summed E-state index contributed by atoms with van der Waals surface area (Å²) >= 11 is 0. The molecule has 0 radical (unpaired) electrons. The number of hydrogen-bond donors (Lipinski definition) is 2. The Bertz CT molecular complexity index is 1350. The van der Waals surface area contributed by atoms with Crippen LogP contribution in [0.15, 0.2) is 54.6 Å². The van der Waals surface area contributed by atoms with Crippen LogP contribution in [0.4, 0.5) is 13.2 Å². The molecule has 9 heteroatoms. The molecule has 6 nitrogen and oxygen atoms in total. The number of carbonyl (C=O) groups excluding carboxylic acids is 1. The molecule has 0 spiro atoms. The van der Waals surface area contributed by atoms with Crippen molar-refractivity contribution in [1.82, 2.24) is 0 Å². The van der Waals surface area contributed by atoms with Gasteiger partial charge >= 0.3 is 18.1 Å². The number of phenolic OH excluding ortho intramolecular Hbond substituents is 1. The number of aromatic hydroxyl groups is 1. The quantitative estimate of drug-likeness (QED) is 0.288. The molecule has 0 aliphatic heterocycles. The van der Waals surface area contributed by atoms with Crippen molar-refractivity contribution in [2.24, 2.45) is 0 Å². The van der Waals surface area contributed by atoms with E-state index in [1.807, 2.05) is 19.1 Å². The van der Waals surface area contributed by atoms with Gasteiger partial charge in [0.2, 0.25) is 0 Å². The topological polar surface area (TPSA) is 93.1 Å². The maximum atomic E-state index is 13.4. The molecule has 1 atom stereocenters. The Balaban J connectivity index is 1.90. The molecule has 0 bridgehead atoms. The summed E-state index contributed by atoms with van der Waals surface area (Å²) in [5.74, 6) is -3.51. The SMILES string of the molecule is CCc1c(-c2ccc(OCc3ccc(C(F)(F)F)c(O)c3C(=O)OC(C)(C)C)cc2)cccc1C(C)C(=O)O. The number of aliphatic carboxylic acids is 1. The van der Waals surface area contributed by atoms with Crippen molar-refractivity contribution in [3.05, 3.63) is 82.4 Å². The predicted octanol–water partition coefficient (Wildman–Crippen LogP) is 7.36. The molecule has 0 saturated heterocycles. The molecule has 208 valence electrons. The summed E-state index contributed by atoms with van der Waals surface area (Å²) in [6, 6.07) is 14.2. The number of esters is 1. The van der Waals surface area contributed by atoms with E-state index < -0.39 is 46.5 Å². The summed E-state index contributed by atoms with van der Waals surface area (Å²) in [6.07, 6.45) is -4.24. The zero-order valence-corrected chi connectivity index (χ0v) is 22.3. The average Bonchev–Trinajstić information content (AvgIpc) is 2.84. The highest BCUT2D eigenvalue weighted by Crippen LogP contribution is 2.40. The Morgan fingerprint density at radius 3 is 2.15 bits per heavy atom. The van der Waals surface area contributed by atoms with Crippen molar-refractivity contribution in [3.8, 4) is 22.6 Å². The highest BCUT2D eigenvalue weighted by Gasteiger charge is 2.37. The number of ether oxygens (including phenoxy) is 2. The first kappa shape index (κ1) is 29.5. The molecule has 0 amide bonds. The molecule has 0 aliphatic rings. The number of benzene rings is 3. The molecule has 2 N–H and O–H groups in total. The van der Waals surface area contributed by atoms with Crippen molar-refractivity contribution < 1.29 is 42.4 Å². The fraction of sp³-hybridized carbons (Fsp3) is 0.333. The average molecular weight is 545 g/mol. The van der Waals surface area contributed by atoms with Crippen LogP contribution in [-0.4, -0.2) is 27.8 Å². The molecule has 0 fully saturated rings. The van der Waals surface area contributed by atoms with Crippen molar-refractivity contribution >= 4 is 11.9 Å². The van der Waals surface area contributed by atoms with Gasteiger partial charge in [0.1, 0.15) is 29.3 Å². The summed E-state index contributed by atoms with van der Waals surface area (Å²) in [5.41, 5.74) is 0.457. The summed E-state index contributed by atoms with van der Waals surface area (Å²) in [6.45, 7) is 7.99. The monoisotopic (exact) mass is 544 g/mol. The first-order valence-corrected chi connectivity index (χ1v) is 12.4. The van der Waals surface area contributed by atoms with E-state index in [0.29, 0.717) is 18.2 Å². The van der Waals surface area contributed by atoms with Crippen molar-refractivity contribution in [2.45, 2.75) is 65.3 Å². The zero-order chi connectivity index (χ0) is 29.1. The smallest absolute Gasteiger partial charge is 0.419 e. The minimum atomic E-state index is -4.87. The van der Waals surface area contributed by atoms with E-state index in [-0.39, 0.29) is 12.2 Å². The second kappa shape index (κ2) is 11.4. The molecule has 3 rings (SSSR count). The van der Waals surface area contributed by atoms with Gasteiger partial charge in [-0.2, -0.15) is 13.2 Å². The number of carbonyl (C=O) groups is 2. The normalized spacial score (nSPS) is 12.6. The van der Waals surface area contributed by atoms with Crippen LogP contribution in [-0.2, 0) is 28.7 Å². The maximum Gasteiger partial charge on any atom is 0.419 e. The summed E-state index contributed by atoms with van der Waals surface area (Å²) in [4.78, 5) is 24.3. The Morgan fingerprint density at radius 1 is 0.974 bits per heavy atom. The number of carboxylic acid groups (broad SMARTS) is 1. The van der Waals surface area contributed by atoms with Gasteiger partial charge in [-0.1, -0.05) is 43.3 Å². The van der Waals surface area contributed by atoms with Crippen LogP contribution >= 0.6 is 0 Å². The summed E-state index contributed by atoms with van der Waals surface area (Å²) < 4.78 is 51.1. The van der Waals surface area contributed by atoms with E-state index in [1.165, 1.54) is 0 Å². The summed E-state index contributed by atoms with van der Waals surface area (Å²) in [5, 5.41) is 19.8. The molecule has 0 saturated carbocycles. The third-order valence-electron chi connectivity index (χ3n) is 6.14. The van der Waals surface area contributed by atoms with Crippen LogP contribution in [0.5, 0.6) is 11.5 Å². The molecular weight excluding hydrogens is 513 g/mol. The van der Waals surface area contributed by atoms with Gasteiger partial charge < -0.3 is 19.7 Å². The molecule has 0 aromatic heterocycles. The molecular formula is C30H31F3O6. The van der Waals surface area contributed by atoms with Crippen LogP contribution in [0.1, 0.15) is 73.1 Å². The first-order chi connectivity index (χ1) is 18.1. The standard InChI is InChI=1S/C30H31F3O6/c1-6-21-22(17(2)27(35)36)8-7-9-23(21)18-10-13-20(14-11-18)38-16-19-12-15-24(30(31,32)33)26(34)25(19)28(37)39-29(3,4)5/h7-15,17,34H,6,16H2,1-5H3,(H,35,36). The number of hydrogen-bond acceptors (Lipinski definition) is 5. The van der Waals surface area contributed by atoms with Gasteiger partial charge in [0.15, 0.2) is 0 Å². The molecule has 0 heterocycles. The van der Waals surface area contributed by atoms with Gasteiger partial charge in [-0.25, -0.2) is 4.79 Å². The van der Waals surface area contributed by atoms with E-state index in [0.717, 1.165) is 28.3 Å². The van der Waals surface area contributed by atoms with E-state index in [2.05, 4.69) is 0 Å². The van der Waals surface area contributed by atoms with Crippen LogP contribution in [0.2, 0.25) is 0 Å². The molecule has 1 unspecified atom stereocenters. The zero-order valence-electron chi connectivity index (χ0n) is 22.3. The minimum Gasteiger partial charge on any atom is -0.506 e. The van der Waals surface area contributed by atoms with Crippen LogP contribution in [0.25, 0.3) is 11.1 Å². The Kier molecular flexibility index (Phi) is 8.63. The lowest BCUT2D eigenvalue weighted by Gasteiger charge is -2.22. The van der Waals surface area contributed by atoms with Crippen LogP contribution in [0, 0.1) is 0 Å². The van der Waals surface area contributed by atoms with Crippen molar-refractivity contribution in [2.75, 3.05) is 0 Å². The van der Waals surface area contributed by atoms with Crippen molar-refractivity contribution in [1.29, 1.82) is 0 Å². The van der Waals surface area contributed by atoms with E-state index in [9.17, 15) is 33.0 Å². The number of halogens is 3. The first-order valence-electron chi connectivity index (χ1n) is 12.4. The van der Waals surface area contributed by atoms with Gasteiger partial charge in [-0.05, 0) is 74.6 Å². The Labute approximate surface area is 225 Å². The van der Waals surface area contributed by atoms with Gasteiger partial charge in [0, 0.05) is 5.56 Å². The van der Waals surface area contributed by atoms with E-state index >= 15 is 0 Å². The van der Waals surface area contributed by atoms with Crippen LogP contribution < -0.4 is 4.74 Å². The van der Waals surface area contributed by atoms with Gasteiger partial charge in [0.25, 0.3) is 0 Å². The van der Waals surface area contributed by atoms with Crippen molar-refractivity contribution in [3.63, 3.8) is 0 Å². The molecule has 3 aromatic carbocycles. The highest BCUT2D eigenvalue weighted by molar-refractivity contribution is 5.95. The lowest BCUT2D eigenvalue weighted by atomic mass is 9.88. The van der Waals surface area contributed by atoms with Gasteiger partial charge in [-0.15, -0.1) is 0 Å². The number of carboxylic acids is 1. The fourth-order valence-corrected chi connectivity index (χ4v) is 4.24. The Morgan fingerprint density at radius 2 is 1.62 bits per heavy atom. The van der Waals surface area contributed by atoms with Crippen LogP contribution in [0.3, 0.4) is 0 Å². The molecule has 39 heavy (non-hydrogen) atoms. The van der Waals surface area contributed by atoms with Gasteiger partial charge in [-0.3, -0.25) is 4.79 Å². The third-order valence-corrected chi connectivity index (χ3v) is 6.14. The third kappa shape index (κ3) is 6.90. The number of phenols is 1. The second-order valence-electron chi connectivity index (χ2n) is 10.1. The van der Waals surface area contributed by atoms with Gasteiger partial charge in [0.05, 0.1) is 11.5 Å². The largest absolute Gasteiger partial charge is 0.506 e. The van der Waals surface area contributed by atoms with E-state index in [1.54, 1.807) is 58.0 Å². The highest BCUT2D eigenvalue weighted by atomic mass is 19.4. The predicted molar refractivity (Wildman–Crippen MR) is 140 cm³/mol. The second-order valence-corrected chi connectivity index (χ2v) is 10.1. The Hall–Kier alpha value is -4.01. The minimum absolute atomic E-state index is 0.0301. The van der Waals surface area contributed by atoms with E-state index in [4.69, 9.17) is 9.47 Å². The molecule has 0 aliphatic carbocycles. The fourth-order valence-electron chi connectivity index (χ4n) is 4.24.